The molecule has 4 nitrogen and oxygen atoms in total. The van der Waals surface area contributed by atoms with E-state index >= 15 is 0 Å². The molecule has 3 rings (SSSR count). The molecule has 0 amide bonds. The van der Waals surface area contributed by atoms with Gasteiger partial charge in [-0.3, -0.25) is 4.90 Å². The van der Waals surface area contributed by atoms with Crippen LogP contribution in [0.5, 0.6) is 0 Å². The van der Waals surface area contributed by atoms with Crippen LogP contribution in [0, 0.1) is 0 Å². The van der Waals surface area contributed by atoms with Gasteiger partial charge in [0.05, 0.1) is 5.69 Å². The van der Waals surface area contributed by atoms with Gasteiger partial charge < -0.3 is 9.84 Å². The van der Waals surface area contributed by atoms with Crippen LogP contribution in [0.15, 0.2) is 41.1 Å². The molecule has 20 heavy (non-hydrogen) atoms. The number of hydrogen-bond acceptors (Lipinski definition) is 4. The fraction of sp³-hybridized carbons (Fsp3) is 0.357. The lowest BCUT2D eigenvalue weighted by Crippen LogP contribution is -2.45. The van der Waals surface area contributed by atoms with Crippen molar-refractivity contribution in [2.45, 2.75) is 12.6 Å². The number of rotatable bonds is 3. The van der Waals surface area contributed by atoms with E-state index in [1.54, 1.807) is 6.26 Å². The summed E-state index contributed by atoms with van der Waals surface area (Å²) in [5.74, 6) is 0. The summed E-state index contributed by atoms with van der Waals surface area (Å²) in [4.78, 5) is 2.38. The lowest BCUT2D eigenvalue weighted by atomic mass is 10.0. The Balaban J connectivity index is 0.00000147. The van der Waals surface area contributed by atoms with E-state index in [-0.39, 0.29) is 18.4 Å². The van der Waals surface area contributed by atoms with Gasteiger partial charge in [-0.05, 0) is 11.6 Å². The van der Waals surface area contributed by atoms with Gasteiger partial charge in [0.1, 0.15) is 6.26 Å². The van der Waals surface area contributed by atoms with Crippen LogP contribution in [0.2, 0.25) is 5.02 Å². The highest BCUT2D eigenvalue weighted by Crippen LogP contribution is 2.29. The average molecular weight is 314 g/mol. The predicted octanol–water partition coefficient (Wildman–Crippen LogP) is 2.90. The molecule has 1 atom stereocenters. The number of nitrogens with one attached hydrogen (secondary N) is 1. The van der Waals surface area contributed by atoms with Crippen LogP contribution >= 0.6 is 24.0 Å². The van der Waals surface area contributed by atoms with Crippen molar-refractivity contribution >= 4 is 24.0 Å². The van der Waals surface area contributed by atoms with E-state index in [9.17, 15) is 0 Å². The SMILES string of the molecule is Cl.Clc1ccccc1C1CNCCN1Cc1ccon1. The molecule has 1 aromatic carbocycles. The van der Waals surface area contributed by atoms with Crippen LogP contribution in [0.1, 0.15) is 17.3 Å². The molecule has 108 valence electrons. The van der Waals surface area contributed by atoms with Crippen LogP contribution in [-0.2, 0) is 6.54 Å². The molecule has 6 heteroatoms. The lowest BCUT2D eigenvalue weighted by molar-refractivity contribution is 0.150. The molecule has 1 aliphatic rings. The van der Waals surface area contributed by atoms with E-state index in [1.165, 1.54) is 5.56 Å². The number of hydrogen-bond donors (Lipinski definition) is 1. The Kier molecular flexibility index (Phi) is 5.43. The van der Waals surface area contributed by atoms with E-state index in [2.05, 4.69) is 21.4 Å². The molecule has 1 saturated heterocycles. The van der Waals surface area contributed by atoms with Gasteiger partial charge in [0, 0.05) is 43.3 Å². The molecule has 0 spiro atoms. The van der Waals surface area contributed by atoms with Crippen molar-refractivity contribution in [2.75, 3.05) is 19.6 Å². The Hall–Kier alpha value is -1.07. The van der Waals surface area contributed by atoms with E-state index in [0.717, 1.165) is 36.9 Å². The lowest BCUT2D eigenvalue weighted by Gasteiger charge is -2.36. The third-order valence-corrected chi connectivity index (χ3v) is 3.82. The van der Waals surface area contributed by atoms with Crippen molar-refractivity contribution in [1.82, 2.24) is 15.4 Å². The maximum absolute atomic E-state index is 6.32. The quantitative estimate of drug-likeness (QED) is 0.946. The van der Waals surface area contributed by atoms with Crippen LogP contribution in [0.25, 0.3) is 0 Å². The summed E-state index contributed by atoms with van der Waals surface area (Å²) in [6.07, 6.45) is 1.61. The fourth-order valence-corrected chi connectivity index (χ4v) is 2.78. The van der Waals surface area contributed by atoms with Crippen LogP contribution in [0.3, 0.4) is 0 Å². The second-order valence-electron chi connectivity index (χ2n) is 4.70. The third-order valence-electron chi connectivity index (χ3n) is 3.47. The summed E-state index contributed by atoms with van der Waals surface area (Å²) in [6.45, 7) is 3.65. The van der Waals surface area contributed by atoms with Crippen molar-refractivity contribution in [3.8, 4) is 0 Å². The molecule has 0 saturated carbocycles. The maximum atomic E-state index is 6.32. The molecule has 1 aliphatic heterocycles. The summed E-state index contributed by atoms with van der Waals surface area (Å²) in [6, 6.07) is 10.2. The summed E-state index contributed by atoms with van der Waals surface area (Å²) in [5, 5.41) is 8.24. The van der Waals surface area contributed by atoms with Crippen molar-refractivity contribution in [3.63, 3.8) is 0 Å². The normalized spacial score (nSPS) is 19.6. The standard InChI is InChI=1S/C14H16ClN3O.ClH/c15-13-4-2-1-3-12(13)14-9-16-6-7-18(14)10-11-5-8-19-17-11;/h1-5,8,14,16H,6-7,9-10H2;1H. The smallest absolute Gasteiger partial charge is 0.124 e. The number of piperazine rings is 1. The third kappa shape index (κ3) is 3.33. The first-order chi connectivity index (χ1) is 9.34. The van der Waals surface area contributed by atoms with Crippen molar-refractivity contribution in [2.24, 2.45) is 0 Å². The minimum Gasteiger partial charge on any atom is -0.364 e. The predicted molar refractivity (Wildman–Crippen MR) is 81.2 cm³/mol. The van der Waals surface area contributed by atoms with Gasteiger partial charge >= 0.3 is 0 Å². The molecule has 0 bridgehead atoms. The van der Waals surface area contributed by atoms with Gasteiger partial charge in [0.15, 0.2) is 0 Å². The Morgan fingerprint density at radius 1 is 1.35 bits per heavy atom. The Bertz CT molecular complexity index is 533. The Morgan fingerprint density at radius 2 is 2.20 bits per heavy atom. The summed E-state index contributed by atoms with van der Waals surface area (Å²) < 4.78 is 4.90. The minimum atomic E-state index is 0. The molecule has 2 heterocycles. The molecule has 0 radical (unpaired) electrons. The molecule has 1 N–H and O–H groups in total. The number of aromatic nitrogens is 1. The Labute approximate surface area is 129 Å². The van der Waals surface area contributed by atoms with E-state index in [1.807, 2.05) is 24.3 Å². The van der Waals surface area contributed by atoms with Gasteiger partial charge in [0.2, 0.25) is 0 Å². The van der Waals surface area contributed by atoms with Gasteiger partial charge in [-0.2, -0.15) is 0 Å². The molecule has 0 aliphatic carbocycles. The van der Waals surface area contributed by atoms with E-state index in [4.69, 9.17) is 16.1 Å². The highest BCUT2D eigenvalue weighted by atomic mass is 35.5. The van der Waals surface area contributed by atoms with Gasteiger partial charge in [-0.1, -0.05) is 35.0 Å². The van der Waals surface area contributed by atoms with Crippen LogP contribution in [0.4, 0.5) is 0 Å². The van der Waals surface area contributed by atoms with Crippen molar-refractivity contribution < 1.29 is 4.52 Å². The molecule has 1 unspecified atom stereocenters. The van der Waals surface area contributed by atoms with Crippen molar-refractivity contribution in [3.05, 3.63) is 52.9 Å². The van der Waals surface area contributed by atoms with Crippen molar-refractivity contribution in [1.29, 1.82) is 0 Å². The summed E-state index contributed by atoms with van der Waals surface area (Å²) in [7, 11) is 0. The highest BCUT2D eigenvalue weighted by molar-refractivity contribution is 6.31. The summed E-state index contributed by atoms with van der Waals surface area (Å²) >= 11 is 6.32. The maximum Gasteiger partial charge on any atom is 0.124 e. The Morgan fingerprint density at radius 3 is 2.95 bits per heavy atom. The monoisotopic (exact) mass is 313 g/mol. The number of nitrogens with zero attached hydrogens (tertiary/aromatic N) is 2. The largest absolute Gasteiger partial charge is 0.364 e. The zero-order valence-electron chi connectivity index (χ0n) is 11.0. The molecule has 1 fully saturated rings. The van der Waals surface area contributed by atoms with E-state index < -0.39 is 0 Å². The zero-order chi connectivity index (χ0) is 13.1. The molecular formula is C14H17Cl2N3O. The average Bonchev–Trinajstić information content (AvgIpc) is 2.93. The number of halogens is 2. The fourth-order valence-electron chi connectivity index (χ4n) is 2.51. The van der Waals surface area contributed by atoms with Gasteiger partial charge in [0.25, 0.3) is 0 Å². The van der Waals surface area contributed by atoms with Crippen LogP contribution in [-0.4, -0.2) is 29.7 Å². The molecule has 1 aromatic heterocycles. The second kappa shape index (κ2) is 7.09. The molecular weight excluding hydrogens is 297 g/mol. The number of benzene rings is 1. The van der Waals surface area contributed by atoms with E-state index in [0.29, 0.717) is 0 Å². The highest BCUT2D eigenvalue weighted by Gasteiger charge is 2.25. The van der Waals surface area contributed by atoms with Gasteiger partial charge in [-0.15, -0.1) is 12.4 Å². The first-order valence-corrected chi connectivity index (χ1v) is 6.81. The minimum absolute atomic E-state index is 0. The van der Waals surface area contributed by atoms with Gasteiger partial charge in [-0.25, -0.2) is 0 Å². The topological polar surface area (TPSA) is 41.3 Å². The second-order valence-corrected chi connectivity index (χ2v) is 5.11. The van der Waals surface area contributed by atoms with Crippen LogP contribution < -0.4 is 5.32 Å². The first-order valence-electron chi connectivity index (χ1n) is 6.43. The molecule has 2 aromatic rings. The summed E-state index contributed by atoms with van der Waals surface area (Å²) in [5.41, 5.74) is 2.12. The zero-order valence-corrected chi connectivity index (χ0v) is 12.5. The first kappa shape index (κ1) is 15.3.